The maximum Gasteiger partial charge on any atom is 0.305 e. The van der Waals surface area contributed by atoms with Crippen molar-refractivity contribution in [1.29, 1.82) is 0 Å². The van der Waals surface area contributed by atoms with Gasteiger partial charge in [0.15, 0.2) is 0 Å². The van der Waals surface area contributed by atoms with Crippen LogP contribution in [0.3, 0.4) is 0 Å². The summed E-state index contributed by atoms with van der Waals surface area (Å²) in [6.07, 6.45) is 1.85. The molecule has 0 bridgehead atoms. The van der Waals surface area contributed by atoms with E-state index < -0.39 is 5.97 Å². The van der Waals surface area contributed by atoms with Gasteiger partial charge in [-0.25, -0.2) is 0 Å². The van der Waals surface area contributed by atoms with Crippen LogP contribution in [0.25, 0.3) is 10.9 Å². The van der Waals surface area contributed by atoms with Gasteiger partial charge < -0.3 is 5.11 Å². The highest BCUT2D eigenvalue weighted by atomic mass is 16.4. The first-order valence-electron chi connectivity index (χ1n) is 6.96. The number of rotatable bonds is 6. The van der Waals surface area contributed by atoms with Crippen molar-refractivity contribution in [3.05, 3.63) is 42.1 Å². The van der Waals surface area contributed by atoms with Gasteiger partial charge in [-0.1, -0.05) is 38.1 Å². The zero-order chi connectivity index (χ0) is 14.5. The van der Waals surface area contributed by atoms with Gasteiger partial charge in [0.05, 0.1) is 11.9 Å². The van der Waals surface area contributed by atoms with Crippen LogP contribution >= 0.6 is 0 Å². The summed E-state index contributed by atoms with van der Waals surface area (Å²) in [5, 5.41) is 10.3. The molecule has 1 aromatic heterocycles. The van der Waals surface area contributed by atoms with Gasteiger partial charge in [0.2, 0.25) is 0 Å². The molecule has 4 nitrogen and oxygen atoms in total. The van der Waals surface area contributed by atoms with E-state index in [1.807, 2.05) is 30.3 Å². The molecule has 0 aliphatic carbocycles. The lowest BCUT2D eigenvalue weighted by atomic mass is 9.98. The van der Waals surface area contributed by atoms with E-state index in [0.717, 1.165) is 29.6 Å². The highest BCUT2D eigenvalue weighted by Gasteiger charge is 2.23. The van der Waals surface area contributed by atoms with Gasteiger partial charge >= 0.3 is 5.97 Å². The first-order chi connectivity index (χ1) is 9.67. The minimum atomic E-state index is -0.783. The number of hydrogen-bond acceptors (Lipinski definition) is 3. The van der Waals surface area contributed by atoms with E-state index in [0.29, 0.717) is 0 Å². The topological polar surface area (TPSA) is 53.4 Å². The fraction of sp³-hybridized carbons (Fsp3) is 0.375. The first kappa shape index (κ1) is 14.5. The quantitative estimate of drug-likeness (QED) is 0.878. The van der Waals surface area contributed by atoms with Gasteiger partial charge in [-0.3, -0.25) is 14.7 Å². The molecular weight excluding hydrogens is 252 g/mol. The fourth-order valence-electron chi connectivity index (χ4n) is 2.66. The zero-order valence-electron chi connectivity index (χ0n) is 11.9. The van der Waals surface area contributed by atoms with Crippen molar-refractivity contribution in [1.82, 2.24) is 9.88 Å². The van der Waals surface area contributed by atoms with Crippen LogP contribution in [0.15, 0.2) is 36.5 Å². The molecule has 0 fully saturated rings. The first-order valence-corrected chi connectivity index (χ1v) is 6.96. The van der Waals surface area contributed by atoms with Crippen molar-refractivity contribution in [2.75, 3.05) is 13.1 Å². The Balaban J connectivity index is 2.52. The smallest absolute Gasteiger partial charge is 0.305 e. The Morgan fingerprint density at radius 3 is 2.60 bits per heavy atom. The van der Waals surface area contributed by atoms with Gasteiger partial charge in [-0.2, -0.15) is 0 Å². The molecule has 1 heterocycles. The molecule has 0 aliphatic heterocycles. The Morgan fingerprint density at radius 1 is 1.25 bits per heavy atom. The largest absolute Gasteiger partial charge is 0.481 e. The number of para-hydroxylation sites is 1. The van der Waals surface area contributed by atoms with Crippen LogP contribution < -0.4 is 0 Å². The lowest BCUT2D eigenvalue weighted by molar-refractivity contribution is -0.138. The van der Waals surface area contributed by atoms with Crippen LogP contribution in [0.4, 0.5) is 0 Å². The molecule has 0 aliphatic rings. The molecule has 0 saturated carbocycles. The van der Waals surface area contributed by atoms with E-state index in [2.05, 4.69) is 23.7 Å². The highest BCUT2D eigenvalue weighted by molar-refractivity contribution is 5.82. The van der Waals surface area contributed by atoms with E-state index >= 15 is 0 Å². The van der Waals surface area contributed by atoms with Crippen molar-refractivity contribution in [3.63, 3.8) is 0 Å². The standard InChI is InChI=1S/C16H20N2O2/c1-3-18(4-2)14(11-15(19)20)13-9-5-7-12-8-6-10-17-16(12)13/h5-10,14H,3-4,11H2,1-2H3,(H,19,20). The van der Waals surface area contributed by atoms with E-state index in [-0.39, 0.29) is 12.5 Å². The number of aliphatic carboxylic acids is 1. The minimum absolute atomic E-state index is 0.0946. The monoisotopic (exact) mass is 272 g/mol. The van der Waals surface area contributed by atoms with E-state index in [1.54, 1.807) is 6.20 Å². The molecule has 4 heteroatoms. The van der Waals surface area contributed by atoms with E-state index in [1.165, 1.54) is 0 Å². The summed E-state index contributed by atoms with van der Waals surface area (Å²) < 4.78 is 0. The molecule has 1 N–H and O–H groups in total. The van der Waals surface area contributed by atoms with Gasteiger partial charge in [0, 0.05) is 17.6 Å². The Hall–Kier alpha value is -1.94. The summed E-state index contributed by atoms with van der Waals surface area (Å²) in [6, 6.07) is 9.73. The van der Waals surface area contributed by atoms with Crippen LogP contribution in [0, 0.1) is 0 Å². The normalized spacial score (nSPS) is 12.8. The summed E-state index contributed by atoms with van der Waals surface area (Å²) in [5.41, 5.74) is 1.89. The number of nitrogens with zero attached hydrogens (tertiary/aromatic N) is 2. The molecular formula is C16H20N2O2. The maximum atomic E-state index is 11.2. The van der Waals surface area contributed by atoms with Crippen LogP contribution in [0.5, 0.6) is 0 Å². The van der Waals surface area contributed by atoms with Crippen LogP contribution in [0.2, 0.25) is 0 Å². The van der Waals surface area contributed by atoms with E-state index in [4.69, 9.17) is 0 Å². The molecule has 2 aromatic rings. The summed E-state index contributed by atoms with van der Waals surface area (Å²) in [7, 11) is 0. The third kappa shape index (κ3) is 2.96. The third-order valence-electron chi connectivity index (χ3n) is 3.64. The Bertz CT molecular complexity index is 589. The molecule has 1 aromatic carbocycles. The van der Waals surface area contributed by atoms with Gasteiger partial charge in [0.1, 0.15) is 0 Å². The van der Waals surface area contributed by atoms with E-state index in [9.17, 15) is 9.90 Å². The SMILES string of the molecule is CCN(CC)C(CC(=O)O)c1cccc2cccnc12. The van der Waals surface area contributed by atoms with Gasteiger partial charge in [-0.05, 0) is 24.7 Å². The number of carboxylic acids is 1. The average Bonchev–Trinajstić information content (AvgIpc) is 2.46. The predicted octanol–water partition coefficient (Wildman–Crippen LogP) is 3.09. The second-order valence-electron chi connectivity index (χ2n) is 4.76. The Kier molecular flexibility index (Phi) is 4.69. The van der Waals surface area contributed by atoms with Gasteiger partial charge in [0.25, 0.3) is 0 Å². The number of benzene rings is 1. The van der Waals surface area contributed by atoms with Crippen LogP contribution in [0.1, 0.15) is 31.9 Å². The molecule has 20 heavy (non-hydrogen) atoms. The number of carboxylic acid groups (broad SMARTS) is 1. The molecule has 0 amide bonds. The summed E-state index contributed by atoms with van der Waals surface area (Å²) in [4.78, 5) is 17.8. The highest BCUT2D eigenvalue weighted by Crippen LogP contribution is 2.29. The average molecular weight is 272 g/mol. The summed E-state index contributed by atoms with van der Waals surface area (Å²) in [5.74, 6) is -0.783. The molecule has 2 rings (SSSR count). The number of hydrogen-bond donors (Lipinski definition) is 1. The number of aromatic nitrogens is 1. The molecule has 1 atom stereocenters. The van der Waals surface area contributed by atoms with Crippen molar-refractivity contribution in [2.45, 2.75) is 26.3 Å². The molecule has 1 unspecified atom stereocenters. The number of fused-ring (bicyclic) bond motifs is 1. The van der Waals surface area contributed by atoms with Crippen molar-refractivity contribution >= 4 is 16.9 Å². The second kappa shape index (κ2) is 6.48. The zero-order valence-corrected chi connectivity index (χ0v) is 11.9. The minimum Gasteiger partial charge on any atom is -0.481 e. The Morgan fingerprint density at radius 2 is 1.95 bits per heavy atom. The molecule has 0 radical (unpaired) electrons. The molecule has 106 valence electrons. The number of carbonyl (C=O) groups is 1. The van der Waals surface area contributed by atoms with Crippen LogP contribution in [-0.2, 0) is 4.79 Å². The Labute approximate surface area is 119 Å². The maximum absolute atomic E-state index is 11.2. The van der Waals surface area contributed by atoms with Crippen molar-refractivity contribution in [3.8, 4) is 0 Å². The lowest BCUT2D eigenvalue weighted by Gasteiger charge is -2.29. The van der Waals surface area contributed by atoms with Crippen molar-refractivity contribution < 1.29 is 9.90 Å². The number of pyridine rings is 1. The molecule has 0 saturated heterocycles. The molecule has 0 spiro atoms. The fourth-order valence-corrected chi connectivity index (χ4v) is 2.66. The third-order valence-corrected chi connectivity index (χ3v) is 3.64. The summed E-state index contributed by atoms with van der Waals surface area (Å²) >= 11 is 0. The lowest BCUT2D eigenvalue weighted by Crippen LogP contribution is -2.30. The van der Waals surface area contributed by atoms with Crippen LogP contribution in [-0.4, -0.2) is 34.0 Å². The summed E-state index contributed by atoms with van der Waals surface area (Å²) in [6.45, 7) is 5.74. The van der Waals surface area contributed by atoms with Crippen molar-refractivity contribution in [2.24, 2.45) is 0 Å². The second-order valence-corrected chi connectivity index (χ2v) is 4.76. The van der Waals surface area contributed by atoms with Gasteiger partial charge in [-0.15, -0.1) is 0 Å². The predicted molar refractivity (Wildman–Crippen MR) is 79.7 cm³/mol.